The van der Waals surface area contributed by atoms with E-state index in [0.29, 0.717) is 6.42 Å². The second-order valence-electron chi connectivity index (χ2n) is 5.94. The molecular formula is C16H22N2O3. The highest BCUT2D eigenvalue weighted by atomic mass is 16.5. The minimum Gasteiger partial charge on any atom is -0.381 e. The van der Waals surface area contributed by atoms with E-state index in [4.69, 9.17) is 9.47 Å². The third-order valence-electron chi connectivity index (χ3n) is 4.35. The van der Waals surface area contributed by atoms with Crippen molar-refractivity contribution in [2.45, 2.75) is 43.7 Å². The van der Waals surface area contributed by atoms with Gasteiger partial charge in [0, 0.05) is 38.3 Å². The van der Waals surface area contributed by atoms with Crippen LogP contribution in [0.15, 0.2) is 24.5 Å². The first-order valence-electron chi connectivity index (χ1n) is 7.66. The average Bonchev–Trinajstić information content (AvgIpc) is 2.49. The Morgan fingerprint density at radius 1 is 1.38 bits per heavy atom. The minimum absolute atomic E-state index is 0.0668. The van der Waals surface area contributed by atoms with Crippen molar-refractivity contribution in [2.75, 3.05) is 19.8 Å². The van der Waals surface area contributed by atoms with E-state index in [1.54, 1.807) is 12.4 Å². The van der Waals surface area contributed by atoms with Gasteiger partial charge < -0.3 is 14.8 Å². The van der Waals surface area contributed by atoms with Gasteiger partial charge in [-0.15, -0.1) is 0 Å². The fraction of sp³-hybridized carbons (Fsp3) is 0.625. The van der Waals surface area contributed by atoms with Gasteiger partial charge in [-0.3, -0.25) is 9.78 Å². The lowest BCUT2D eigenvalue weighted by Gasteiger charge is -2.43. The Labute approximate surface area is 125 Å². The molecular weight excluding hydrogens is 268 g/mol. The van der Waals surface area contributed by atoms with E-state index >= 15 is 0 Å². The smallest absolute Gasteiger partial charge is 0.224 e. The molecule has 2 aliphatic heterocycles. The third kappa shape index (κ3) is 3.80. The van der Waals surface area contributed by atoms with Gasteiger partial charge >= 0.3 is 0 Å². The first-order chi connectivity index (χ1) is 10.3. The van der Waals surface area contributed by atoms with Crippen LogP contribution in [0, 0.1) is 0 Å². The molecule has 1 aromatic rings. The number of nitrogens with zero attached hydrogens (tertiary/aromatic N) is 1. The van der Waals surface area contributed by atoms with Crippen molar-refractivity contribution in [3.63, 3.8) is 0 Å². The van der Waals surface area contributed by atoms with Gasteiger partial charge in [0.05, 0.1) is 12.0 Å². The molecule has 1 atom stereocenters. The summed E-state index contributed by atoms with van der Waals surface area (Å²) in [6.07, 6.45) is 7.50. The zero-order chi connectivity index (χ0) is 14.5. The van der Waals surface area contributed by atoms with Crippen molar-refractivity contribution in [2.24, 2.45) is 0 Å². The Hall–Kier alpha value is -1.46. The highest BCUT2D eigenvalue weighted by molar-refractivity contribution is 5.78. The highest BCUT2D eigenvalue weighted by Gasteiger charge is 2.39. The summed E-state index contributed by atoms with van der Waals surface area (Å²) in [5.74, 6) is 0.0668. The quantitative estimate of drug-likeness (QED) is 0.916. The molecule has 1 aromatic heterocycles. The Morgan fingerprint density at radius 3 is 3.00 bits per heavy atom. The lowest BCUT2D eigenvalue weighted by Crippen LogP contribution is -2.51. The molecule has 3 rings (SSSR count). The molecule has 1 N–H and O–H groups in total. The largest absolute Gasteiger partial charge is 0.381 e. The van der Waals surface area contributed by atoms with E-state index in [0.717, 1.165) is 51.1 Å². The lowest BCUT2D eigenvalue weighted by molar-refractivity contribution is -0.143. The summed E-state index contributed by atoms with van der Waals surface area (Å²) in [6.45, 7) is 2.24. The zero-order valence-corrected chi connectivity index (χ0v) is 12.2. The molecule has 5 nitrogen and oxygen atoms in total. The number of carbonyl (C=O) groups excluding carboxylic acids is 1. The van der Waals surface area contributed by atoms with Crippen LogP contribution in [-0.2, 0) is 20.7 Å². The highest BCUT2D eigenvalue weighted by Crippen LogP contribution is 2.34. The van der Waals surface area contributed by atoms with Crippen LogP contribution in [0.3, 0.4) is 0 Å². The van der Waals surface area contributed by atoms with Crippen molar-refractivity contribution < 1.29 is 14.3 Å². The molecule has 1 amide bonds. The van der Waals surface area contributed by atoms with Crippen LogP contribution in [0.25, 0.3) is 0 Å². The molecule has 3 heterocycles. The molecule has 0 unspecified atom stereocenters. The maximum atomic E-state index is 12.1. The molecule has 5 heteroatoms. The predicted molar refractivity (Wildman–Crippen MR) is 77.8 cm³/mol. The summed E-state index contributed by atoms with van der Waals surface area (Å²) in [7, 11) is 0. The van der Waals surface area contributed by atoms with E-state index in [9.17, 15) is 4.79 Å². The van der Waals surface area contributed by atoms with Crippen LogP contribution in [0.1, 0.15) is 31.2 Å². The SMILES string of the molecule is O=C(Cc1cccnc1)N[C@H]1CCOC2(CCOCC2)C1. The Bertz CT molecular complexity index is 466. The van der Waals surface area contributed by atoms with Gasteiger partial charge in [-0.1, -0.05) is 6.07 Å². The van der Waals surface area contributed by atoms with Crippen LogP contribution in [0.2, 0.25) is 0 Å². The van der Waals surface area contributed by atoms with Crippen molar-refractivity contribution >= 4 is 5.91 Å². The van der Waals surface area contributed by atoms with E-state index in [-0.39, 0.29) is 17.6 Å². The molecule has 1 spiro atoms. The fourth-order valence-corrected chi connectivity index (χ4v) is 3.21. The molecule has 0 saturated carbocycles. The molecule has 0 radical (unpaired) electrons. The van der Waals surface area contributed by atoms with Crippen molar-refractivity contribution in [1.82, 2.24) is 10.3 Å². The standard InChI is InChI=1S/C16H22N2O3/c19-15(10-13-2-1-6-17-12-13)18-14-3-7-21-16(11-14)4-8-20-9-5-16/h1-2,6,12,14H,3-5,7-11H2,(H,18,19)/t14-/m0/s1. The van der Waals surface area contributed by atoms with Crippen LogP contribution >= 0.6 is 0 Å². The topological polar surface area (TPSA) is 60.5 Å². The number of hydrogen-bond acceptors (Lipinski definition) is 4. The van der Waals surface area contributed by atoms with Gasteiger partial charge in [0.15, 0.2) is 0 Å². The third-order valence-corrected chi connectivity index (χ3v) is 4.35. The molecule has 114 valence electrons. The number of carbonyl (C=O) groups is 1. The van der Waals surface area contributed by atoms with Crippen LogP contribution in [-0.4, -0.2) is 42.4 Å². The molecule has 0 aromatic carbocycles. The number of amides is 1. The number of nitrogens with one attached hydrogen (secondary N) is 1. The normalized spacial score (nSPS) is 24.7. The summed E-state index contributed by atoms with van der Waals surface area (Å²) in [4.78, 5) is 16.2. The van der Waals surface area contributed by atoms with Gasteiger partial charge in [-0.25, -0.2) is 0 Å². The predicted octanol–water partition coefficient (Wildman–Crippen LogP) is 1.47. The van der Waals surface area contributed by atoms with Gasteiger partial charge in [0.1, 0.15) is 0 Å². The number of pyridine rings is 1. The summed E-state index contributed by atoms with van der Waals surface area (Å²) in [5.41, 5.74) is 0.866. The Kier molecular flexibility index (Phi) is 4.51. The molecule has 2 aliphatic rings. The summed E-state index contributed by atoms with van der Waals surface area (Å²) >= 11 is 0. The molecule has 21 heavy (non-hydrogen) atoms. The average molecular weight is 290 g/mol. The molecule has 0 aliphatic carbocycles. The van der Waals surface area contributed by atoms with Gasteiger partial charge in [-0.2, -0.15) is 0 Å². The van der Waals surface area contributed by atoms with Crippen LogP contribution in [0.4, 0.5) is 0 Å². The molecule has 2 saturated heterocycles. The monoisotopic (exact) mass is 290 g/mol. The minimum atomic E-state index is -0.0806. The number of rotatable bonds is 3. The van der Waals surface area contributed by atoms with E-state index in [2.05, 4.69) is 10.3 Å². The second kappa shape index (κ2) is 6.54. The van der Waals surface area contributed by atoms with Gasteiger partial charge in [-0.05, 0) is 37.3 Å². The lowest BCUT2D eigenvalue weighted by atomic mass is 9.84. The Morgan fingerprint density at radius 2 is 2.24 bits per heavy atom. The van der Waals surface area contributed by atoms with E-state index in [1.165, 1.54) is 0 Å². The first kappa shape index (κ1) is 14.5. The van der Waals surface area contributed by atoms with Crippen LogP contribution < -0.4 is 5.32 Å². The summed E-state index contributed by atoms with van der Waals surface area (Å²) in [6, 6.07) is 3.99. The van der Waals surface area contributed by atoms with Crippen LogP contribution in [0.5, 0.6) is 0 Å². The summed E-state index contributed by atoms with van der Waals surface area (Å²) < 4.78 is 11.4. The number of ether oxygens (including phenoxy) is 2. The second-order valence-corrected chi connectivity index (χ2v) is 5.94. The molecule has 0 bridgehead atoms. The van der Waals surface area contributed by atoms with Crippen molar-refractivity contribution in [1.29, 1.82) is 0 Å². The maximum Gasteiger partial charge on any atom is 0.224 e. The summed E-state index contributed by atoms with van der Waals surface area (Å²) in [5, 5.41) is 3.15. The van der Waals surface area contributed by atoms with Crippen molar-refractivity contribution in [3.8, 4) is 0 Å². The fourth-order valence-electron chi connectivity index (χ4n) is 3.21. The molecule has 2 fully saturated rings. The maximum absolute atomic E-state index is 12.1. The Balaban J connectivity index is 1.53. The van der Waals surface area contributed by atoms with E-state index < -0.39 is 0 Å². The zero-order valence-electron chi connectivity index (χ0n) is 12.2. The first-order valence-corrected chi connectivity index (χ1v) is 7.66. The number of hydrogen-bond donors (Lipinski definition) is 1. The van der Waals surface area contributed by atoms with E-state index in [1.807, 2.05) is 12.1 Å². The number of aromatic nitrogens is 1. The van der Waals surface area contributed by atoms with Gasteiger partial charge in [0.25, 0.3) is 0 Å². The van der Waals surface area contributed by atoms with Gasteiger partial charge in [0.2, 0.25) is 5.91 Å². The van der Waals surface area contributed by atoms with Crippen molar-refractivity contribution in [3.05, 3.63) is 30.1 Å².